The van der Waals surface area contributed by atoms with Crippen molar-refractivity contribution >= 4 is 11.6 Å². The maximum absolute atomic E-state index is 14.1. The number of ether oxygens (including phenoxy) is 1. The average Bonchev–Trinajstić information content (AvgIpc) is 3.31. The fraction of sp³-hybridized carbons (Fsp3) is 0.265. The lowest BCUT2D eigenvalue weighted by atomic mass is 9.94. The summed E-state index contributed by atoms with van der Waals surface area (Å²) in [4.78, 5) is 14.1. The molecule has 1 aliphatic heterocycles. The maximum Gasteiger partial charge on any atom is 0.258 e. The van der Waals surface area contributed by atoms with E-state index in [-0.39, 0.29) is 24.1 Å². The first-order valence-electron chi connectivity index (χ1n) is 13.9. The molecule has 0 radical (unpaired) electrons. The zero-order valence-electron chi connectivity index (χ0n) is 23.3. The van der Waals surface area contributed by atoms with Crippen LogP contribution in [0, 0.1) is 5.82 Å². The summed E-state index contributed by atoms with van der Waals surface area (Å²) in [5, 5.41) is 23.3. The van der Waals surface area contributed by atoms with Crippen LogP contribution in [-0.4, -0.2) is 39.2 Å². The Labute approximate surface area is 239 Å². The van der Waals surface area contributed by atoms with Crippen LogP contribution in [-0.2, 0) is 11.3 Å². The number of aliphatic hydroxyl groups excluding tert-OH is 2. The van der Waals surface area contributed by atoms with Crippen LogP contribution in [0.15, 0.2) is 97.1 Å². The van der Waals surface area contributed by atoms with Gasteiger partial charge in [0, 0.05) is 29.9 Å². The molecule has 0 spiro atoms. The van der Waals surface area contributed by atoms with Gasteiger partial charge in [-0.1, -0.05) is 69.0 Å². The summed E-state index contributed by atoms with van der Waals surface area (Å²) >= 11 is 0. The minimum atomic E-state index is -1.29. The van der Waals surface area contributed by atoms with Crippen LogP contribution in [0.3, 0.4) is 0 Å². The number of aliphatic hydroxyl groups is 2. The van der Waals surface area contributed by atoms with Crippen LogP contribution in [0.25, 0.3) is 22.4 Å². The molecule has 2 heterocycles. The summed E-state index contributed by atoms with van der Waals surface area (Å²) < 4.78 is 21.9. The van der Waals surface area contributed by atoms with Crippen molar-refractivity contribution in [3.8, 4) is 22.4 Å². The van der Waals surface area contributed by atoms with E-state index < -0.39 is 18.5 Å². The number of hydrogen-bond acceptors (Lipinski definition) is 4. The van der Waals surface area contributed by atoms with Gasteiger partial charge in [-0.2, -0.15) is 0 Å². The molecule has 1 amide bonds. The average molecular weight is 555 g/mol. The van der Waals surface area contributed by atoms with Gasteiger partial charge in [0.2, 0.25) is 0 Å². The number of carbonyl (C=O) groups excluding carboxylic acids is 1. The molecule has 0 bridgehead atoms. The van der Waals surface area contributed by atoms with E-state index in [2.05, 4.69) is 16.5 Å². The molecule has 5 rings (SSSR count). The van der Waals surface area contributed by atoms with Gasteiger partial charge in [-0.05, 0) is 65.4 Å². The minimum Gasteiger partial charge on any atom is -0.388 e. The lowest BCUT2D eigenvalue weighted by molar-refractivity contribution is -0.198. The highest BCUT2D eigenvalue weighted by atomic mass is 19.1. The van der Waals surface area contributed by atoms with Crippen molar-refractivity contribution in [1.29, 1.82) is 0 Å². The van der Waals surface area contributed by atoms with E-state index in [9.17, 15) is 19.4 Å². The van der Waals surface area contributed by atoms with Gasteiger partial charge < -0.3 is 24.8 Å². The molecule has 0 saturated carbocycles. The Morgan fingerprint density at radius 1 is 1.00 bits per heavy atom. The van der Waals surface area contributed by atoms with Gasteiger partial charge in [-0.3, -0.25) is 4.79 Å². The number of hydrogen-bond donors (Lipinski definition) is 3. The van der Waals surface area contributed by atoms with E-state index in [4.69, 9.17) is 4.74 Å². The van der Waals surface area contributed by atoms with Crippen molar-refractivity contribution in [1.82, 2.24) is 4.57 Å². The Hall–Kier alpha value is -4.04. The number of nitrogens with zero attached hydrogens (tertiary/aromatic N) is 1. The van der Waals surface area contributed by atoms with Crippen molar-refractivity contribution in [3.63, 3.8) is 0 Å². The predicted octanol–water partition coefficient (Wildman–Crippen LogP) is 6.75. The Bertz CT molecular complexity index is 1510. The molecule has 1 aromatic heterocycles. The molecule has 3 N–H and O–H groups in total. The molecule has 3 aromatic carbocycles. The van der Waals surface area contributed by atoms with E-state index in [1.165, 1.54) is 12.1 Å². The summed E-state index contributed by atoms with van der Waals surface area (Å²) in [6, 6.07) is 25.4. The first-order valence-corrected chi connectivity index (χ1v) is 13.9. The van der Waals surface area contributed by atoms with Crippen molar-refractivity contribution in [2.24, 2.45) is 0 Å². The summed E-state index contributed by atoms with van der Waals surface area (Å²) in [6.45, 7) is 8.60. The fourth-order valence-electron chi connectivity index (χ4n) is 5.58. The van der Waals surface area contributed by atoms with Gasteiger partial charge in [0.15, 0.2) is 6.29 Å². The first-order chi connectivity index (χ1) is 19.7. The number of anilines is 1. The lowest BCUT2D eigenvalue weighted by Crippen LogP contribution is -2.40. The summed E-state index contributed by atoms with van der Waals surface area (Å²) in [7, 11) is 0. The highest BCUT2D eigenvalue weighted by Crippen LogP contribution is 2.43. The zero-order chi connectivity index (χ0) is 29.1. The van der Waals surface area contributed by atoms with Gasteiger partial charge >= 0.3 is 0 Å². The molecule has 4 aromatic rings. The number of rotatable bonds is 8. The molecule has 212 valence electrons. The molecule has 6 nitrogen and oxygen atoms in total. The van der Waals surface area contributed by atoms with Crippen molar-refractivity contribution in [3.05, 3.63) is 114 Å². The van der Waals surface area contributed by atoms with E-state index in [1.807, 2.05) is 74.5 Å². The molecule has 3 atom stereocenters. The second kappa shape index (κ2) is 12.2. The van der Waals surface area contributed by atoms with Crippen LogP contribution < -0.4 is 5.32 Å². The number of nitrogens with one attached hydrogen (secondary N) is 1. The minimum absolute atomic E-state index is 0.0499. The Kier molecular flexibility index (Phi) is 8.49. The van der Waals surface area contributed by atoms with Gasteiger partial charge in [0.05, 0.1) is 17.4 Å². The smallest absolute Gasteiger partial charge is 0.258 e. The molecular formula is C34H35FN2O4. The lowest BCUT2D eigenvalue weighted by Gasteiger charge is -2.33. The standard InChI is InChI=1S/C34H35FN2O4/c1-21(2)31-30(33(39)36-26-12-8-5-9-13-26)29(23-10-6-4-7-11-23)32(24-14-16-25(35)17-15-24)37(31)19-18-28-22(3)20-27(38)34(40)41-28/h4-17,21,27-28,34,38,40H,3,18-20H2,1-2H3,(H,36,39)/t27-,28?,34?/m1/s1. The highest BCUT2D eigenvalue weighted by molar-refractivity contribution is 6.12. The second-order valence-corrected chi connectivity index (χ2v) is 10.7. The Morgan fingerprint density at radius 2 is 1.63 bits per heavy atom. The monoisotopic (exact) mass is 554 g/mol. The summed E-state index contributed by atoms with van der Waals surface area (Å²) in [5.74, 6) is -0.637. The molecule has 1 aliphatic rings. The quantitative estimate of drug-likeness (QED) is 0.210. The highest BCUT2D eigenvalue weighted by Gasteiger charge is 2.33. The molecule has 2 unspecified atom stereocenters. The zero-order valence-corrected chi connectivity index (χ0v) is 23.3. The summed E-state index contributed by atoms with van der Waals surface area (Å²) in [6.07, 6.45) is -2.07. The molecule has 0 aliphatic carbocycles. The molecule has 1 saturated heterocycles. The van der Waals surface area contributed by atoms with Gasteiger partial charge in [-0.25, -0.2) is 4.39 Å². The molecule has 1 fully saturated rings. The van der Waals surface area contributed by atoms with E-state index in [0.29, 0.717) is 29.8 Å². The Balaban J connectivity index is 1.71. The van der Waals surface area contributed by atoms with Crippen LogP contribution in [0.4, 0.5) is 10.1 Å². The molecule has 41 heavy (non-hydrogen) atoms. The first kappa shape index (κ1) is 28.5. The second-order valence-electron chi connectivity index (χ2n) is 10.7. The third kappa shape index (κ3) is 6.03. The third-order valence-electron chi connectivity index (χ3n) is 7.46. The number of halogens is 1. The van der Waals surface area contributed by atoms with Crippen molar-refractivity contribution in [2.75, 3.05) is 5.32 Å². The normalized spacial score (nSPS) is 19.0. The van der Waals surface area contributed by atoms with Crippen LogP contribution in [0.2, 0.25) is 0 Å². The molecular weight excluding hydrogens is 519 g/mol. The number of amides is 1. The number of carbonyl (C=O) groups is 1. The molecule has 7 heteroatoms. The van der Waals surface area contributed by atoms with Gasteiger partial charge in [-0.15, -0.1) is 0 Å². The topological polar surface area (TPSA) is 83.7 Å². The van der Waals surface area contributed by atoms with Crippen LogP contribution in [0.5, 0.6) is 0 Å². The van der Waals surface area contributed by atoms with E-state index >= 15 is 0 Å². The number of benzene rings is 3. The van der Waals surface area contributed by atoms with E-state index in [0.717, 1.165) is 28.1 Å². The van der Waals surface area contributed by atoms with E-state index in [1.54, 1.807) is 12.1 Å². The summed E-state index contributed by atoms with van der Waals surface area (Å²) in [5.41, 5.74) is 5.95. The van der Waals surface area contributed by atoms with Gasteiger partial charge in [0.25, 0.3) is 5.91 Å². The van der Waals surface area contributed by atoms with Crippen LogP contribution in [0.1, 0.15) is 48.7 Å². The number of para-hydroxylation sites is 1. The van der Waals surface area contributed by atoms with Gasteiger partial charge in [0.1, 0.15) is 11.9 Å². The van der Waals surface area contributed by atoms with Crippen LogP contribution >= 0.6 is 0 Å². The largest absolute Gasteiger partial charge is 0.388 e. The maximum atomic E-state index is 14.1. The van der Waals surface area contributed by atoms with Crippen molar-refractivity contribution in [2.45, 2.75) is 57.6 Å². The predicted molar refractivity (Wildman–Crippen MR) is 159 cm³/mol. The third-order valence-corrected chi connectivity index (χ3v) is 7.46. The SMILES string of the molecule is C=C1C[C@@H](O)C(O)OC1CCn1c(-c2ccc(F)cc2)c(-c2ccccc2)c(C(=O)Nc2ccccc2)c1C(C)C. The number of aromatic nitrogens is 1. The fourth-order valence-corrected chi connectivity index (χ4v) is 5.58. The van der Waals surface area contributed by atoms with Crippen molar-refractivity contribution < 1.29 is 24.1 Å². The Morgan fingerprint density at radius 3 is 2.27 bits per heavy atom.